The van der Waals surface area contributed by atoms with E-state index in [0.29, 0.717) is 53.1 Å². The summed E-state index contributed by atoms with van der Waals surface area (Å²) in [4.78, 5) is 60.5. The van der Waals surface area contributed by atoms with Crippen molar-refractivity contribution in [3.63, 3.8) is 0 Å². The highest BCUT2D eigenvalue weighted by Crippen LogP contribution is 2.42. The van der Waals surface area contributed by atoms with Crippen LogP contribution in [-0.2, 0) is 18.3 Å². The van der Waals surface area contributed by atoms with Gasteiger partial charge < -0.3 is 45.1 Å². The minimum atomic E-state index is -0.463. The van der Waals surface area contributed by atoms with Gasteiger partial charge in [-0.25, -0.2) is 4.98 Å². The molecule has 6 rings (SSSR count). The molecular weight excluding hydrogens is 697 g/mol. The van der Waals surface area contributed by atoms with E-state index >= 15 is 0 Å². The molecule has 4 aromatic rings. The second-order valence-electron chi connectivity index (χ2n) is 14.2. The van der Waals surface area contributed by atoms with Crippen molar-refractivity contribution in [3.05, 3.63) is 76.6 Å². The molecule has 0 spiro atoms. The number of hydrogen-bond acceptors (Lipinski definition) is 10. The summed E-state index contributed by atoms with van der Waals surface area (Å²) >= 11 is 1.14. The first-order valence-corrected chi connectivity index (χ1v) is 18.4. The van der Waals surface area contributed by atoms with Gasteiger partial charge >= 0.3 is 0 Å². The Morgan fingerprint density at radius 2 is 1.81 bits per heavy atom. The minimum absolute atomic E-state index is 0.0255. The number of thiazole rings is 1. The van der Waals surface area contributed by atoms with E-state index in [1.54, 1.807) is 35.3 Å². The van der Waals surface area contributed by atoms with Crippen molar-refractivity contribution in [1.29, 1.82) is 0 Å². The lowest BCUT2D eigenvalue weighted by Crippen LogP contribution is -2.41. The maximum absolute atomic E-state index is 13.8. The fraction of sp³-hybridized carbons (Fsp3) is 0.395. The molecule has 1 atom stereocenters. The zero-order valence-electron chi connectivity index (χ0n) is 30.9. The first kappa shape index (κ1) is 37.4. The number of benzene rings is 2. The van der Waals surface area contributed by atoms with Crippen LogP contribution < -0.4 is 40.5 Å². The molecule has 14 nitrogen and oxygen atoms in total. The molecule has 53 heavy (non-hydrogen) atoms. The summed E-state index contributed by atoms with van der Waals surface area (Å²) in [6.07, 6.45) is 3.02. The quantitative estimate of drug-likeness (QED) is 0.136. The molecule has 280 valence electrons. The molecule has 4 amide bonds. The number of anilines is 4. The zero-order valence-corrected chi connectivity index (χ0v) is 31.7. The van der Waals surface area contributed by atoms with Crippen LogP contribution in [0.15, 0.2) is 54.0 Å². The number of amides is 4. The molecular formula is C38H46N8O6S. The number of nitrogens with one attached hydrogen (secondary N) is 4. The number of ether oxygens (including phenoxy) is 2. The second-order valence-corrected chi connectivity index (χ2v) is 15.0. The number of rotatable bonds is 14. The maximum Gasteiger partial charge on any atom is 0.275 e. The van der Waals surface area contributed by atoms with Crippen LogP contribution in [0, 0.1) is 5.41 Å². The highest BCUT2D eigenvalue weighted by molar-refractivity contribution is 7.14. The summed E-state index contributed by atoms with van der Waals surface area (Å²) in [5.74, 6) is -0.119. The Morgan fingerprint density at radius 3 is 2.58 bits per heavy atom. The van der Waals surface area contributed by atoms with Gasteiger partial charge in [0.2, 0.25) is 5.91 Å². The van der Waals surface area contributed by atoms with Crippen LogP contribution in [0.3, 0.4) is 0 Å². The average molecular weight is 743 g/mol. The highest BCUT2D eigenvalue weighted by atomic mass is 32.1. The molecule has 0 saturated carbocycles. The number of carbonyl (C=O) groups excluding carboxylic acids is 4. The lowest BCUT2D eigenvalue weighted by atomic mass is 9.93. The monoisotopic (exact) mass is 742 g/mol. The Bertz CT molecular complexity index is 2020. The topological polar surface area (TPSA) is 159 Å². The third-order valence-corrected chi connectivity index (χ3v) is 10.1. The summed E-state index contributed by atoms with van der Waals surface area (Å²) in [5.41, 5.74) is 4.29. The second kappa shape index (κ2) is 15.7. The number of para-hydroxylation sites is 1. The highest BCUT2D eigenvalue weighted by Gasteiger charge is 2.39. The maximum atomic E-state index is 13.8. The summed E-state index contributed by atoms with van der Waals surface area (Å²) in [6, 6.07) is 13.2. The van der Waals surface area contributed by atoms with Gasteiger partial charge in [-0.2, -0.15) is 0 Å². The van der Waals surface area contributed by atoms with Gasteiger partial charge in [0, 0.05) is 63.5 Å². The van der Waals surface area contributed by atoms with E-state index in [4.69, 9.17) is 9.47 Å². The van der Waals surface area contributed by atoms with Crippen molar-refractivity contribution in [3.8, 4) is 11.5 Å². The molecule has 15 heteroatoms. The molecule has 2 aromatic heterocycles. The molecule has 2 aromatic carbocycles. The van der Waals surface area contributed by atoms with Gasteiger partial charge in [-0.1, -0.05) is 32.0 Å². The SMILES string of the molecule is CNCC(C)(C)CNC(=O)c1cc(NC(=O)c2csc(NC(=O)CCCOc3cc4c(cc3OC)C(=O)N3c5ccccc5C[C@H]3CN4C)n2)cn1C. The van der Waals surface area contributed by atoms with Crippen LogP contribution in [0.4, 0.5) is 22.2 Å². The van der Waals surface area contributed by atoms with Crippen LogP contribution in [0.2, 0.25) is 0 Å². The van der Waals surface area contributed by atoms with E-state index < -0.39 is 5.91 Å². The number of fused-ring (bicyclic) bond motifs is 4. The Kier molecular flexibility index (Phi) is 11.0. The molecule has 0 saturated heterocycles. The molecule has 0 fully saturated rings. The van der Waals surface area contributed by atoms with E-state index in [0.717, 1.165) is 35.7 Å². The summed E-state index contributed by atoms with van der Waals surface area (Å²) < 4.78 is 13.3. The third-order valence-electron chi connectivity index (χ3n) is 9.37. The zero-order chi connectivity index (χ0) is 37.9. The van der Waals surface area contributed by atoms with Gasteiger partial charge in [-0.05, 0) is 49.1 Å². The molecule has 4 N–H and O–H groups in total. The van der Waals surface area contributed by atoms with Crippen LogP contribution in [0.1, 0.15) is 63.6 Å². The van der Waals surface area contributed by atoms with E-state index in [9.17, 15) is 19.2 Å². The molecule has 0 bridgehead atoms. The van der Waals surface area contributed by atoms with E-state index in [2.05, 4.69) is 51.1 Å². The van der Waals surface area contributed by atoms with E-state index in [-0.39, 0.29) is 47.9 Å². The minimum Gasteiger partial charge on any atom is -0.493 e. The first-order chi connectivity index (χ1) is 25.4. The number of aryl methyl sites for hydroxylation is 1. The molecule has 2 aliphatic rings. The van der Waals surface area contributed by atoms with Gasteiger partial charge in [0.25, 0.3) is 17.7 Å². The van der Waals surface area contributed by atoms with Crippen molar-refractivity contribution in [2.24, 2.45) is 12.5 Å². The Balaban J connectivity index is 0.994. The number of likely N-dealkylation sites (N-methyl/N-ethyl adjacent to an activating group) is 1. The number of methoxy groups -OCH3 is 1. The van der Waals surface area contributed by atoms with Gasteiger partial charge in [0.1, 0.15) is 11.4 Å². The standard InChI is InChI=1S/C38H46N8O6S/c1-38(2,21-39-3)22-40-35(49)30-15-24(18-44(30)4)41-34(48)27-20-53-37(42-27)43-33(47)12-9-13-52-32-17-29-26(16-31(32)51-6)36(50)46-25(19-45(29)5)14-23-10-7-8-11-28(23)46/h7-8,10-11,15-18,20,25,39H,9,12-14,19,21-22H2,1-6H3,(H,40,49)(H,41,48)(H,42,43,47)/t25-/m0/s1. The Morgan fingerprint density at radius 1 is 1.02 bits per heavy atom. The van der Waals surface area contributed by atoms with E-state index in [1.807, 2.05) is 43.3 Å². The Labute approximate surface area is 312 Å². The largest absolute Gasteiger partial charge is 0.493 e. The van der Waals surface area contributed by atoms with Crippen LogP contribution >= 0.6 is 11.3 Å². The van der Waals surface area contributed by atoms with E-state index in [1.165, 1.54) is 12.7 Å². The number of aromatic nitrogens is 2. The van der Waals surface area contributed by atoms with Crippen molar-refractivity contribution in [2.75, 3.05) is 67.9 Å². The fourth-order valence-corrected chi connectivity index (χ4v) is 7.48. The van der Waals surface area contributed by atoms with Crippen LogP contribution in [0.25, 0.3) is 0 Å². The molecule has 0 radical (unpaired) electrons. The lowest BCUT2D eigenvalue weighted by molar-refractivity contribution is -0.116. The van der Waals surface area contributed by atoms with Gasteiger partial charge in [0.05, 0.1) is 36.7 Å². The van der Waals surface area contributed by atoms with Crippen molar-refractivity contribution in [2.45, 2.75) is 39.2 Å². The van der Waals surface area contributed by atoms with Crippen molar-refractivity contribution < 1.29 is 28.7 Å². The first-order valence-electron chi connectivity index (χ1n) is 17.5. The third kappa shape index (κ3) is 8.31. The molecule has 0 unspecified atom stereocenters. The van der Waals surface area contributed by atoms with Crippen molar-refractivity contribution in [1.82, 2.24) is 20.2 Å². The molecule has 4 heterocycles. The number of hydrogen-bond donors (Lipinski definition) is 4. The predicted molar refractivity (Wildman–Crippen MR) is 206 cm³/mol. The Hall–Kier alpha value is -5.41. The van der Waals surface area contributed by atoms with Gasteiger partial charge in [0.15, 0.2) is 16.6 Å². The predicted octanol–water partition coefficient (Wildman–Crippen LogP) is 4.54. The lowest BCUT2D eigenvalue weighted by Gasteiger charge is -2.25. The smallest absolute Gasteiger partial charge is 0.275 e. The fourth-order valence-electron chi connectivity index (χ4n) is 6.77. The number of carbonyl (C=O) groups is 4. The summed E-state index contributed by atoms with van der Waals surface area (Å²) in [5, 5.41) is 13.4. The van der Waals surface area contributed by atoms with Gasteiger partial charge in [-0.15, -0.1) is 11.3 Å². The van der Waals surface area contributed by atoms with Crippen LogP contribution in [-0.4, -0.2) is 86.7 Å². The normalized spacial score (nSPS) is 14.9. The average Bonchev–Trinajstić information content (AvgIpc) is 3.83. The van der Waals surface area contributed by atoms with Gasteiger partial charge in [-0.3, -0.25) is 19.2 Å². The van der Waals surface area contributed by atoms with Crippen LogP contribution in [0.5, 0.6) is 11.5 Å². The molecule has 2 aliphatic heterocycles. The molecule has 0 aliphatic carbocycles. The summed E-state index contributed by atoms with van der Waals surface area (Å²) in [7, 11) is 7.11. The summed E-state index contributed by atoms with van der Waals surface area (Å²) in [6.45, 7) is 6.25. The number of nitrogens with zero attached hydrogens (tertiary/aromatic N) is 4. The van der Waals surface area contributed by atoms with Crippen molar-refractivity contribution >= 4 is 57.2 Å².